The molecule has 84 valence electrons. The van der Waals surface area contributed by atoms with E-state index in [-0.39, 0.29) is 0 Å². The smallest absolute Gasteiger partial charge is 0.100 e. The fourth-order valence-corrected chi connectivity index (χ4v) is 2.05. The molecule has 3 rings (SSSR count). The van der Waals surface area contributed by atoms with Crippen molar-refractivity contribution >= 4 is 22.6 Å². The number of imidazole rings is 1. The molecule has 0 aliphatic rings. The summed E-state index contributed by atoms with van der Waals surface area (Å²) in [6, 6.07) is 14.0. The molecule has 0 aliphatic heterocycles. The van der Waals surface area contributed by atoms with Crippen molar-refractivity contribution in [1.82, 2.24) is 9.55 Å². The van der Waals surface area contributed by atoms with Crippen LogP contribution in [0.5, 0.6) is 0 Å². The van der Waals surface area contributed by atoms with E-state index < -0.39 is 0 Å². The van der Waals surface area contributed by atoms with E-state index in [0.29, 0.717) is 0 Å². The van der Waals surface area contributed by atoms with Gasteiger partial charge in [0.05, 0.1) is 11.0 Å². The first-order chi connectivity index (χ1) is 8.24. The summed E-state index contributed by atoms with van der Waals surface area (Å²) >= 11 is 5.89. The van der Waals surface area contributed by atoms with Crippen LogP contribution in [-0.4, -0.2) is 9.55 Å². The van der Waals surface area contributed by atoms with E-state index in [0.717, 1.165) is 21.7 Å². The van der Waals surface area contributed by atoms with Crippen molar-refractivity contribution in [3.05, 3.63) is 59.4 Å². The topological polar surface area (TPSA) is 17.8 Å². The molecular formula is C14H11ClN2. The molecule has 2 nitrogen and oxygen atoms in total. The lowest BCUT2D eigenvalue weighted by Crippen LogP contribution is -1.91. The Balaban J connectivity index is 2.23. The van der Waals surface area contributed by atoms with Gasteiger partial charge in [0.2, 0.25) is 0 Å². The molecule has 1 heterocycles. The molecule has 0 N–H and O–H groups in total. The van der Waals surface area contributed by atoms with Crippen LogP contribution >= 0.6 is 11.6 Å². The molecule has 0 radical (unpaired) electrons. The second kappa shape index (κ2) is 3.90. The first-order valence-corrected chi connectivity index (χ1v) is 5.81. The zero-order chi connectivity index (χ0) is 11.8. The van der Waals surface area contributed by atoms with Gasteiger partial charge in [0.25, 0.3) is 0 Å². The van der Waals surface area contributed by atoms with Gasteiger partial charge < -0.3 is 0 Å². The highest BCUT2D eigenvalue weighted by Gasteiger charge is 2.04. The molecule has 0 atom stereocenters. The molecule has 0 fully saturated rings. The van der Waals surface area contributed by atoms with Crippen LogP contribution in [0.15, 0.2) is 48.8 Å². The number of aryl methyl sites for hydroxylation is 1. The molecule has 0 saturated carbocycles. The van der Waals surface area contributed by atoms with Crippen molar-refractivity contribution < 1.29 is 0 Å². The Labute approximate surface area is 104 Å². The molecule has 2 aromatic carbocycles. The summed E-state index contributed by atoms with van der Waals surface area (Å²) in [5, 5.41) is 0.745. The highest BCUT2D eigenvalue weighted by atomic mass is 35.5. The molecule has 0 unspecified atom stereocenters. The van der Waals surface area contributed by atoms with Crippen molar-refractivity contribution in [2.75, 3.05) is 0 Å². The van der Waals surface area contributed by atoms with E-state index in [1.54, 1.807) is 0 Å². The fraction of sp³-hybridized carbons (Fsp3) is 0.0714. The normalized spacial score (nSPS) is 10.9. The molecule has 17 heavy (non-hydrogen) atoms. The first kappa shape index (κ1) is 10.4. The van der Waals surface area contributed by atoms with E-state index >= 15 is 0 Å². The number of benzene rings is 2. The van der Waals surface area contributed by atoms with Gasteiger partial charge >= 0.3 is 0 Å². The van der Waals surface area contributed by atoms with Crippen molar-refractivity contribution in [3.8, 4) is 5.69 Å². The maximum atomic E-state index is 5.89. The average molecular weight is 243 g/mol. The highest BCUT2D eigenvalue weighted by molar-refractivity contribution is 6.30. The van der Waals surface area contributed by atoms with Crippen LogP contribution in [0, 0.1) is 6.92 Å². The van der Waals surface area contributed by atoms with Crippen LogP contribution in [0.1, 0.15) is 5.56 Å². The van der Waals surface area contributed by atoms with Crippen LogP contribution in [0.25, 0.3) is 16.7 Å². The summed E-state index contributed by atoms with van der Waals surface area (Å²) in [6.07, 6.45) is 1.84. The molecule has 0 spiro atoms. The Kier molecular flexibility index (Phi) is 2.37. The number of halogens is 1. The number of aromatic nitrogens is 2. The van der Waals surface area contributed by atoms with Gasteiger partial charge in [0.15, 0.2) is 0 Å². The van der Waals surface area contributed by atoms with Crippen LogP contribution in [0.3, 0.4) is 0 Å². The molecule has 0 amide bonds. The Bertz CT molecular complexity index is 668. The number of hydrogen-bond donors (Lipinski definition) is 0. The Morgan fingerprint density at radius 3 is 2.59 bits per heavy atom. The number of fused-ring (bicyclic) bond motifs is 1. The van der Waals surface area contributed by atoms with Crippen LogP contribution < -0.4 is 0 Å². The fourth-order valence-electron chi connectivity index (χ4n) is 1.93. The monoisotopic (exact) mass is 242 g/mol. The van der Waals surface area contributed by atoms with Crippen LogP contribution in [0.4, 0.5) is 0 Å². The van der Waals surface area contributed by atoms with E-state index in [1.165, 1.54) is 5.56 Å². The second-order valence-corrected chi connectivity index (χ2v) is 4.52. The summed E-state index contributed by atoms with van der Waals surface area (Å²) in [5.41, 5.74) is 4.42. The Morgan fingerprint density at radius 2 is 1.82 bits per heavy atom. The van der Waals surface area contributed by atoms with E-state index in [1.807, 2.05) is 36.7 Å². The summed E-state index contributed by atoms with van der Waals surface area (Å²) in [7, 11) is 0. The van der Waals surface area contributed by atoms with Crippen molar-refractivity contribution in [1.29, 1.82) is 0 Å². The maximum Gasteiger partial charge on any atom is 0.100 e. The van der Waals surface area contributed by atoms with Gasteiger partial charge in [-0.05, 0) is 48.9 Å². The minimum atomic E-state index is 0.745. The standard InChI is InChI=1S/C14H11ClN2/c1-10-2-7-13-14(8-10)17(9-16-13)12-5-3-11(15)4-6-12/h2-9H,1H3. The lowest BCUT2D eigenvalue weighted by Gasteiger charge is -2.04. The molecule has 0 aliphatic carbocycles. The minimum Gasteiger partial charge on any atom is -0.299 e. The lowest BCUT2D eigenvalue weighted by atomic mass is 10.2. The highest BCUT2D eigenvalue weighted by Crippen LogP contribution is 2.20. The molecule has 0 saturated heterocycles. The van der Waals surface area contributed by atoms with E-state index in [9.17, 15) is 0 Å². The SMILES string of the molecule is Cc1ccc2ncn(-c3ccc(Cl)cc3)c2c1. The van der Waals surface area contributed by atoms with Gasteiger partial charge in [-0.1, -0.05) is 17.7 Å². The third kappa shape index (κ3) is 1.81. The summed E-state index contributed by atoms with van der Waals surface area (Å²) < 4.78 is 2.07. The van der Waals surface area contributed by atoms with Crippen LogP contribution in [-0.2, 0) is 0 Å². The van der Waals surface area contributed by atoms with Gasteiger partial charge in [0, 0.05) is 10.7 Å². The average Bonchev–Trinajstić information content (AvgIpc) is 2.73. The second-order valence-electron chi connectivity index (χ2n) is 4.08. The van der Waals surface area contributed by atoms with E-state index in [2.05, 4.69) is 28.6 Å². The Hall–Kier alpha value is -1.80. The number of nitrogens with zero attached hydrogens (tertiary/aromatic N) is 2. The third-order valence-electron chi connectivity index (χ3n) is 2.81. The molecule has 0 bridgehead atoms. The molecule has 1 aromatic heterocycles. The van der Waals surface area contributed by atoms with Gasteiger partial charge in [-0.15, -0.1) is 0 Å². The van der Waals surface area contributed by atoms with Gasteiger partial charge in [0.1, 0.15) is 6.33 Å². The lowest BCUT2D eigenvalue weighted by molar-refractivity contribution is 1.09. The predicted molar refractivity (Wildman–Crippen MR) is 70.8 cm³/mol. The largest absolute Gasteiger partial charge is 0.299 e. The van der Waals surface area contributed by atoms with Gasteiger partial charge in [-0.2, -0.15) is 0 Å². The minimum absolute atomic E-state index is 0.745. The van der Waals surface area contributed by atoms with Crippen LogP contribution in [0.2, 0.25) is 5.02 Å². The van der Waals surface area contributed by atoms with Crippen molar-refractivity contribution in [2.45, 2.75) is 6.92 Å². The van der Waals surface area contributed by atoms with Gasteiger partial charge in [-0.25, -0.2) is 4.98 Å². The number of rotatable bonds is 1. The zero-order valence-electron chi connectivity index (χ0n) is 9.39. The molecule has 3 heteroatoms. The zero-order valence-corrected chi connectivity index (χ0v) is 10.1. The maximum absolute atomic E-state index is 5.89. The van der Waals surface area contributed by atoms with E-state index in [4.69, 9.17) is 11.6 Å². The molecule has 3 aromatic rings. The summed E-state index contributed by atoms with van der Waals surface area (Å²) in [5.74, 6) is 0. The summed E-state index contributed by atoms with van der Waals surface area (Å²) in [4.78, 5) is 4.39. The van der Waals surface area contributed by atoms with Crippen molar-refractivity contribution in [3.63, 3.8) is 0 Å². The Morgan fingerprint density at radius 1 is 1.06 bits per heavy atom. The summed E-state index contributed by atoms with van der Waals surface area (Å²) in [6.45, 7) is 2.08. The molecular weight excluding hydrogens is 232 g/mol. The quantitative estimate of drug-likeness (QED) is 0.631. The van der Waals surface area contributed by atoms with Crippen molar-refractivity contribution in [2.24, 2.45) is 0 Å². The van der Waals surface area contributed by atoms with Gasteiger partial charge in [-0.3, -0.25) is 4.57 Å². The number of hydrogen-bond acceptors (Lipinski definition) is 1. The first-order valence-electron chi connectivity index (χ1n) is 5.44. The third-order valence-corrected chi connectivity index (χ3v) is 3.06. The predicted octanol–water partition coefficient (Wildman–Crippen LogP) is 3.99.